The third kappa shape index (κ3) is 5.04. The fourth-order valence-electron chi connectivity index (χ4n) is 4.47. The molecule has 2 aliphatic heterocycles. The quantitative estimate of drug-likeness (QED) is 0.426. The van der Waals surface area contributed by atoms with Crippen LogP contribution in [-0.4, -0.2) is 67.4 Å². The van der Waals surface area contributed by atoms with Gasteiger partial charge in [0.05, 0.1) is 15.5 Å². The molecule has 2 aliphatic rings. The van der Waals surface area contributed by atoms with Crippen molar-refractivity contribution in [2.75, 3.05) is 49.6 Å². The van der Waals surface area contributed by atoms with E-state index in [9.17, 15) is 26.0 Å². The topological polar surface area (TPSA) is 114 Å². The molecule has 0 aromatic heterocycles. The molecule has 0 atom stereocenters. The number of carbonyl (C=O) groups excluding carboxylic acids is 1. The second-order valence-electron chi connectivity index (χ2n) is 9.17. The first-order chi connectivity index (χ1) is 18.5. The van der Waals surface area contributed by atoms with Crippen LogP contribution in [0.3, 0.4) is 0 Å². The van der Waals surface area contributed by atoms with Crippen LogP contribution < -0.4 is 18.7 Å². The van der Waals surface area contributed by atoms with Crippen LogP contribution in [0.4, 0.5) is 15.8 Å². The summed E-state index contributed by atoms with van der Waals surface area (Å²) in [7, 11) is -5.14. The molecule has 0 spiro atoms. The van der Waals surface area contributed by atoms with Crippen molar-refractivity contribution in [1.82, 2.24) is 4.31 Å². The van der Waals surface area contributed by atoms with Crippen molar-refractivity contribution in [2.24, 2.45) is 0 Å². The molecule has 1 amide bonds. The molecule has 0 saturated carbocycles. The van der Waals surface area contributed by atoms with Crippen molar-refractivity contribution in [2.45, 2.75) is 16.2 Å². The third-order valence-electron chi connectivity index (χ3n) is 6.50. The summed E-state index contributed by atoms with van der Waals surface area (Å²) >= 11 is 0. The first-order valence-electron chi connectivity index (χ1n) is 12.0. The van der Waals surface area contributed by atoms with Crippen LogP contribution in [0.2, 0.25) is 0 Å². The molecule has 0 bridgehead atoms. The van der Waals surface area contributed by atoms with Gasteiger partial charge >= 0.3 is 0 Å². The Morgan fingerprint density at radius 1 is 0.897 bits per heavy atom. The van der Waals surface area contributed by atoms with Crippen molar-refractivity contribution < 1.29 is 35.5 Å². The Labute approximate surface area is 226 Å². The molecule has 2 heterocycles. The van der Waals surface area contributed by atoms with E-state index in [1.54, 1.807) is 6.07 Å². The number of rotatable bonds is 7. The highest BCUT2D eigenvalue weighted by Gasteiger charge is 2.33. The Morgan fingerprint density at radius 2 is 1.59 bits per heavy atom. The number of amides is 1. The van der Waals surface area contributed by atoms with E-state index < -0.39 is 38.3 Å². The molecule has 3 aromatic carbocycles. The highest BCUT2D eigenvalue weighted by Crippen LogP contribution is 2.35. The predicted octanol–water partition coefficient (Wildman–Crippen LogP) is 2.63. The maximum Gasteiger partial charge on any atom is 0.264 e. The molecule has 0 unspecified atom stereocenters. The molecular formula is C26H26FN3O7S2. The van der Waals surface area contributed by atoms with Crippen LogP contribution in [0.1, 0.15) is 5.56 Å². The van der Waals surface area contributed by atoms with E-state index in [1.165, 1.54) is 67.5 Å². The monoisotopic (exact) mass is 575 g/mol. The summed E-state index contributed by atoms with van der Waals surface area (Å²) in [6.07, 6.45) is 0.396. The van der Waals surface area contributed by atoms with Crippen LogP contribution >= 0.6 is 0 Å². The van der Waals surface area contributed by atoms with Crippen molar-refractivity contribution in [1.29, 1.82) is 0 Å². The lowest BCUT2D eigenvalue weighted by atomic mass is 10.2. The minimum absolute atomic E-state index is 0.0231. The highest BCUT2D eigenvalue weighted by molar-refractivity contribution is 7.92. The number of sulfonamides is 2. The molecule has 0 saturated heterocycles. The van der Waals surface area contributed by atoms with Crippen molar-refractivity contribution in [3.63, 3.8) is 0 Å². The first-order valence-corrected chi connectivity index (χ1v) is 14.9. The van der Waals surface area contributed by atoms with Gasteiger partial charge in [-0.2, -0.15) is 0 Å². The fraction of sp³-hybridized carbons (Fsp3) is 0.269. The minimum atomic E-state index is -4.34. The van der Waals surface area contributed by atoms with Gasteiger partial charge in [-0.1, -0.05) is 6.07 Å². The lowest BCUT2D eigenvalue weighted by molar-refractivity contribution is -0.117. The Hall–Kier alpha value is -3.68. The average Bonchev–Trinajstić information content (AvgIpc) is 3.34. The van der Waals surface area contributed by atoms with Crippen LogP contribution in [0.5, 0.6) is 11.5 Å². The zero-order chi connectivity index (χ0) is 27.9. The first kappa shape index (κ1) is 26.9. The predicted molar refractivity (Wildman–Crippen MR) is 142 cm³/mol. The Morgan fingerprint density at radius 3 is 2.31 bits per heavy atom. The van der Waals surface area contributed by atoms with Crippen molar-refractivity contribution >= 4 is 37.3 Å². The van der Waals surface area contributed by atoms with E-state index in [4.69, 9.17) is 9.47 Å². The lowest BCUT2D eigenvalue weighted by Crippen LogP contribution is -2.42. The molecule has 0 fully saturated rings. The molecular weight excluding hydrogens is 549 g/mol. The van der Waals surface area contributed by atoms with E-state index in [-0.39, 0.29) is 34.4 Å². The lowest BCUT2D eigenvalue weighted by Gasteiger charge is -2.27. The molecule has 3 aromatic rings. The fourth-order valence-corrected chi connectivity index (χ4v) is 6.85. The van der Waals surface area contributed by atoms with Crippen molar-refractivity contribution in [3.05, 3.63) is 72.0 Å². The molecule has 0 radical (unpaired) electrons. The van der Waals surface area contributed by atoms with E-state index in [2.05, 4.69) is 0 Å². The summed E-state index contributed by atoms with van der Waals surface area (Å²) in [4.78, 5) is 14.9. The van der Waals surface area contributed by atoms with E-state index in [0.717, 1.165) is 14.7 Å². The SMILES string of the molecule is CN(C)S(=O)(=O)c1ccc2c(c1)CCN2C(=O)CN(c1cccc(F)c1)S(=O)(=O)c1ccc2c(c1)OCCO2. The summed E-state index contributed by atoms with van der Waals surface area (Å²) < 4.78 is 79.8. The number of nitrogens with zero attached hydrogens (tertiary/aromatic N) is 3. The summed E-state index contributed by atoms with van der Waals surface area (Å²) in [6, 6.07) is 13.6. The van der Waals surface area contributed by atoms with Crippen LogP contribution in [-0.2, 0) is 31.3 Å². The maximum absolute atomic E-state index is 14.2. The second kappa shape index (κ2) is 10.1. The zero-order valence-electron chi connectivity index (χ0n) is 21.2. The number of ether oxygens (including phenoxy) is 2. The summed E-state index contributed by atoms with van der Waals surface area (Å²) in [6.45, 7) is 0.218. The van der Waals surface area contributed by atoms with Crippen LogP contribution in [0.25, 0.3) is 0 Å². The number of anilines is 2. The van der Waals surface area contributed by atoms with Gasteiger partial charge in [-0.15, -0.1) is 0 Å². The van der Waals surface area contributed by atoms with Gasteiger partial charge in [0.2, 0.25) is 15.9 Å². The molecule has 0 N–H and O–H groups in total. The molecule has 39 heavy (non-hydrogen) atoms. The number of carbonyl (C=O) groups is 1. The number of fused-ring (bicyclic) bond motifs is 2. The summed E-state index contributed by atoms with van der Waals surface area (Å²) in [5, 5.41) is 0. The zero-order valence-corrected chi connectivity index (χ0v) is 22.8. The van der Waals surface area contributed by atoms with Crippen LogP contribution in [0.15, 0.2) is 70.5 Å². The molecule has 13 heteroatoms. The van der Waals surface area contributed by atoms with E-state index in [1.807, 2.05) is 0 Å². The van der Waals surface area contributed by atoms with Gasteiger partial charge in [0, 0.05) is 32.4 Å². The van der Waals surface area contributed by atoms with Crippen LogP contribution in [0, 0.1) is 5.82 Å². The van der Waals surface area contributed by atoms with Gasteiger partial charge in [-0.3, -0.25) is 9.10 Å². The third-order valence-corrected chi connectivity index (χ3v) is 10.1. The molecule has 5 rings (SSSR count). The number of benzene rings is 3. The number of hydrogen-bond acceptors (Lipinski definition) is 7. The van der Waals surface area contributed by atoms with Gasteiger partial charge in [0.25, 0.3) is 10.0 Å². The summed E-state index contributed by atoms with van der Waals surface area (Å²) in [5.41, 5.74) is 1.12. The normalized spacial score (nSPS) is 14.8. The van der Waals surface area contributed by atoms with Gasteiger partial charge in [0.1, 0.15) is 25.6 Å². The number of halogens is 1. The minimum Gasteiger partial charge on any atom is -0.486 e. The maximum atomic E-state index is 14.2. The largest absolute Gasteiger partial charge is 0.486 e. The number of hydrogen-bond donors (Lipinski definition) is 0. The molecule has 10 nitrogen and oxygen atoms in total. The second-order valence-corrected chi connectivity index (χ2v) is 13.2. The highest BCUT2D eigenvalue weighted by atomic mass is 32.2. The Balaban J connectivity index is 1.48. The Kier molecular flexibility index (Phi) is 6.99. The molecule has 206 valence electrons. The van der Waals surface area contributed by atoms with Crippen molar-refractivity contribution in [3.8, 4) is 11.5 Å². The average molecular weight is 576 g/mol. The molecule has 0 aliphatic carbocycles. The smallest absolute Gasteiger partial charge is 0.264 e. The van der Waals surface area contributed by atoms with Gasteiger partial charge in [0.15, 0.2) is 11.5 Å². The van der Waals surface area contributed by atoms with E-state index >= 15 is 0 Å². The summed E-state index contributed by atoms with van der Waals surface area (Å²) in [5.74, 6) is -0.562. The van der Waals surface area contributed by atoms with E-state index in [0.29, 0.717) is 30.0 Å². The van der Waals surface area contributed by atoms with Gasteiger partial charge in [-0.25, -0.2) is 25.5 Å². The van der Waals surface area contributed by atoms with Gasteiger partial charge in [-0.05, 0) is 60.5 Å². The van der Waals surface area contributed by atoms with Gasteiger partial charge < -0.3 is 14.4 Å². The standard InChI is InChI=1S/C26H26FN3O7S2/c1-28(2)38(32,33)21-6-8-23-18(14-21)10-11-29(23)26(31)17-30(20-5-3-4-19(27)15-20)39(34,35)22-7-9-24-25(16-22)37-13-12-36-24/h3-9,14-16H,10-13,17H2,1-2H3. The Bertz CT molecular complexity index is 1660.